The third kappa shape index (κ3) is 5.10. The molecule has 2 aliphatic heterocycles. The van der Waals surface area contributed by atoms with Crippen molar-refractivity contribution in [2.45, 2.75) is 63.3 Å². The summed E-state index contributed by atoms with van der Waals surface area (Å²) in [4.78, 5) is 15.0. The number of nitrogens with zero attached hydrogens (tertiary/aromatic N) is 1. The Kier molecular flexibility index (Phi) is 6.35. The topological polar surface area (TPSA) is 53.6 Å². The molecule has 2 bridgehead atoms. The van der Waals surface area contributed by atoms with E-state index in [9.17, 15) is 4.79 Å². The van der Waals surface area contributed by atoms with Crippen LogP contribution in [0.3, 0.4) is 0 Å². The molecule has 4 rings (SSSR count). The van der Waals surface area contributed by atoms with Gasteiger partial charge in [-0.05, 0) is 48.9 Å². The number of carbonyl (C=O) groups is 1. The molecule has 2 fully saturated rings. The Morgan fingerprint density at radius 3 is 2.34 bits per heavy atom. The molecule has 2 saturated heterocycles. The van der Waals surface area contributed by atoms with E-state index in [-0.39, 0.29) is 12.1 Å². The quantitative estimate of drug-likeness (QED) is 0.778. The molecule has 2 N–H and O–H groups in total. The molecule has 154 valence electrons. The Morgan fingerprint density at radius 1 is 1.00 bits per heavy atom. The SMILES string of the molecule is COc1ccc(CN2[C@H]3CCC[C@H]2CC(NC(=O)NCc2ccccc2)C3)cc1. The summed E-state index contributed by atoms with van der Waals surface area (Å²) >= 11 is 0. The maximum absolute atomic E-state index is 12.4. The number of hydrogen-bond donors (Lipinski definition) is 2. The molecule has 5 heteroatoms. The first kappa shape index (κ1) is 19.8. The van der Waals surface area contributed by atoms with Gasteiger partial charge in [0.15, 0.2) is 0 Å². The van der Waals surface area contributed by atoms with Crippen LogP contribution in [0.4, 0.5) is 4.79 Å². The zero-order valence-corrected chi connectivity index (χ0v) is 17.1. The van der Waals surface area contributed by atoms with E-state index < -0.39 is 0 Å². The van der Waals surface area contributed by atoms with E-state index in [1.54, 1.807) is 7.11 Å². The second-order valence-corrected chi connectivity index (χ2v) is 8.24. The Bertz CT molecular complexity index is 780. The fourth-order valence-electron chi connectivity index (χ4n) is 4.81. The minimum absolute atomic E-state index is 0.0551. The van der Waals surface area contributed by atoms with Gasteiger partial charge in [-0.1, -0.05) is 48.9 Å². The van der Waals surface area contributed by atoms with Gasteiger partial charge < -0.3 is 15.4 Å². The fraction of sp³-hybridized carbons (Fsp3) is 0.458. The summed E-state index contributed by atoms with van der Waals surface area (Å²) in [6, 6.07) is 19.7. The third-order valence-corrected chi connectivity index (χ3v) is 6.28. The van der Waals surface area contributed by atoms with E-state index in [4.69, 9.17) is 4.74 Å². The van der Waals surface area contributed by atoms with Gasteiger partial charge in [0.1, 0.15) is 5.75 Å². The highest BCUT2D eigenvalue weighted by Gasteiger charge is 2.38. The first-order valence-electron chi connectivity index (χ1n) is 10.7. The van der Waals surface area contributed by atoms with Gasteiger partial charge >= 0.3 is 6.03 Å². The molecule has 29 heavy (non-hydrogen) atoms. The molecule has 0 spiro atoms. The molecule has 0 aliphatic carbocycles. The number of hydrogen-bond acceptors (Lipinski definition) is 3. The van der Waals surface area contributed by atoms with E-state index >= 15 is 0 Å². The highest BCUT2D eigenvalue weighted by atomic mass is 16.5. The summed E-state index contributed by atoms with van der Waals surface area (Å²) < 4.78 is 5.27. The van der Waals surface area contributed by atoms with E-state index in [1.165, 1.54) is 24.8 Å². The molecule has 2 heterocycles. The average molecular weight is 394 g/mol. The van der Waals surface area contributed by atoms with Crippen molar-refractivity contribution in [2.75, 3.05) is 7.11 Å². The van der Waals surface area contributed by atoms with Crippen molar-refractivity contribution in [1.29, 1.82) is 0 Å². The number of rotatable bonds is 6. The molecule has 0 radical (unpaired) electrons. The Morgan fingerprint density at radius 2 is 1.69 bits per heavy atom. The molecular formula is C24H31N3O2. The largest absolute Gasteiger partial charge is 0.497 e. The maximum Gasteiger partial charge on any atom is 0.315 e. The number of ether oxygens (including phenoxy) is 1. The minimum Gasteiger partial charge on any atom is -0.497 e. The number of nitrogens with one attached hydrogen (secondary N) is 2. The van der Waals surface area contributed by atoms with Crippen LogP contribution >= 0.6 is 0 Å². The van der Waals surface area contributed by atoms with Gasteiger partial charge in [0.05, 0.1) is 7.11 Å². The molecule has 2 aromatic carbocycles. The van der Waals surface area contributed by atoms with Crippen LogP contribution in [0.15, 0.2) is 54.6 Å². The van der Waals surface area contributed by atoms with Crippen LogP contribution in [0.2, 0.25) is 0 Å². The van der Waals surface area contributed by atoms with E-state index in [1.807, 2.05) is 42.5 Å². The summed E-state index contributed by atoms with van der Waals surface area (Å²) in [5, 5.41) is 6.22. The van der Waals surface area contributed by atoms with E-state index in [0.29, 0.717) is 18.6 Å². The van der Waals surface area contributed by atoms with Gasteiger partial charge in [0.2, 0.25) is 0 Å². The van der Waals surface area contributed by atoms with Crippen molar-refractivity contribution in [3.05, 3.63) is 65.7 Å². The van der Waals surface area contributed by atoms with Crippen LogP contribution in [0.25, 0.3) is 0 Å². The fourth-order valence-corrected chi connectivity index (χ4v) is 4.81. The van der Waals surface area contributed by atoms with Crippen LogP contribution in [-0.4, -0.2) is 36.2 Å². The van der Waals surface area contributed by atoms with E-state index in [0.717, 1.165) is 30.7 Å². The number of piperidine rings is 2. The summed E-state index contributed by atoms with van der Waals surface area (Å²) in [6.07, 6.45) is 5.80. The molecule has 2 atom stereocenters. The molecule has 0 saturated carbocycles. The number of benzene rings is 2. The lowest BCUT2D eigenvalue weighted by Crippen LogP contribution is -2.57. The molecular weight excluding hydrogens is 362 g/mol. The molecule has 2 aromatic rings. The Labute approximate surface area is 173 Å². The van der Waals surface area contributed by atoms with Gasteiger partial charge in [-0.3, -0.25) is 4.90 Å². The monoisotopic (exact) mass is 393 g/mol. The second kappa shape index (κ2) is 9.31. The van der Waals surface area contributed by atoms with Crippen LogP contribution < -0.4 is 15.4 Å². The average Bonchev–Trinajstić information content (AvgIpc) is 2.74. The van der Waals surface area contributed by atoms with Crippen molar-refractivity contribution < 1.29 is 9.53 Å². The van der Waals surface area contributed by atoms with Crippen LogP contribution in [0.5, 0.6) is 5.75 Å². The predicted octanol–water partition coefficient (Wildman–Crippen LogP) is 4.08. The number of methoxy groups -OCH3 is 1. The lowest BCUT2D eigenvalue weighted by molar-refractivity contribution is 0.0197. The summed E-state index contributed by atoms with van der Waals surface area (Å²) in [5.74, 6) is 0.901. The molecule has 0 aromatic heterocycles. The van der Waals surface area contributed by atoms with Crippen molar-refractivity contribution >= 4 is 6.03 Å². The highest BCUT2D eigenvalue weighted by Crippen LogP contribution is 2.35. The lowest BCUT2D eigenvalue weighted by atomic mass is 9.81. The van der Waals surface area contributed by atoms with Gasteiger partial charge in [-0.2, -0.15) is 0 Å². The first-order chi connectivity index (χ1) is 14.2. The smallest absolute Gasteiger partial charge is 0.315 e. The molecule has 2 amide bonds. The van der Waals surface area contributed by atoms with Gasteiger partial charge in [0.25, 0.3) is 0 Å². The molecule has 0 unspecified atom stereocenters. The zero-order chi connectivity index (χ0) is 20.1. The van der Waals surface area contributed by atoms with Crippen molar-refractivity contribution in [3.63, 3.8) is 0 Å². The second-order valence-electron chi connectivity index (χ2n) is 8.24. The van der Waals surface area contributed by atoms with Crippen molar-refractivity contribution in [1.82, 2.24) is 15.5 Å². The normalized spacial score (nSPS) is 24.0. The van der Waals surface area contributed by atoms with Gasteiger partial charge in [0, 0.05) is 31.2 Å². The van der Waals surface area contributed by atoms with Crippen molar-refractivity contribution in [3.8, 4) is 5.75 Å². The Hall–Kier alpha value is -2.53. The standard InChI is InChI=1S/C24H31N3O2/c1-29-23-12-10-19(11-13-23)17-27-21-8-5-9-22(27)15-20(14-21)26-24(28)25-16-18-6-3-2-4-7-18/h2-4,6-7,10-13,20-22H,5,8-9,14-17H2,1H3,(H2,25,26,28)/t21-,22-/m0/s1. The minimum atomic E-state index is -0.0551. The summed E-state index contributed by atoms with van der Waals surface area (Å²) in [6.45, 7) is 1.54. The molecule has 2 aliphatic rings. The summed E-state index contributed by atoms with van der Waals surface area (Å²) in [5.41, 5.74) is 2.45. The Balaban J connectivity index is 1.31. The highest BCUT2D eigenvalue weighted by molar-refractivity contribution is 5.74. The van der Waals surface area contributed by atoms with Crippen LogP contribution in [0.1, 0.15) is 43.2 Å². The molecule has 5 nitrogen and oxygen atoms in total. The number of urea groups is 1. The third-order valence-electron chi connectivity index (χ3n) is 6.28. The number of amides is 2. The van der Waals surface area contributed by atoms with E-state index in [2.05, 4.69) is 27.7 Å². The first-order valence-corrected chi connectivity index (χ1v) is 10.7. The predicted molar refractivity (Wildman–Crippen MR) is 115 cm³/mol. The van der Waals surface area contributed by atoms with Crippen LogP contribution in [-0.2, 0) is 13.1 Å². The number of carbonyl (C=O) groups excluding carboxylic acids is 1. The van der Waals surface area contributed by atoms with Crippen LogP contribution in [0, 0.1) is 0 Å². The van der Waals surface area contributed by atoms with Gasteiger partial charge in [-0.15, -0.1) is 0 Å². The number of fused-ring (bicyclic) bond motifs is 2. The maximum atomic E-state index is 12.4. The zero-order valence-electron chi connectivity index (χ0n) is 17.1. The summed E-state index contributed by atoms with van der Waals surface area (Å²) in [7, 11) is 1.70. The van der Waals surface area contributed by atoms with Crippen molar-refractivity contribution in [2.24, 2.45) is 0 Å². The lowest BCUT2D eigenvalue weighted by Gasteiger charge is -2.49. The van der Waals surface area contributed by atoms with Gasteiger partial charge in [-0.25, -0.2) is 4.79 Å².